The molecule has 0 saturated heterocycles. The highest BCUT2D eigenvalue weighted by Crippen LogP contribution is 2.39. The topological polar surface area (TPSA) is 29.4 Å². The predicted octanol–water partition coefficient (Wildman–Crippen LogP) is 5.91. The predicted molar refractivity (Wildman–Crippen MR) is 96.3 cm³/mol. The second-order valence-corrected chi connectivity index (χ2v) is 6.41. The van der Waals surface area contributed by atoms with Crippen molar-refractivity contribution in [3.63, 3.8) is 0 Å². The van der Waals surface area contributed by atoms with E-state index in [0.717, 1.165) is 23.6 Å². The fourth-order valence-electron chi connectivity index (χ4n) is 2.76. The van der Waals surface area contributed by atoms with E-state index >= 15 is 0 Å². The maximum absolute atomic E-state index is 10.8. The molecule has 0 amide bonds. The highest BCUT2D eigenvalue weighted by Gasteiger charge is 2.10. The van der Waals surface area contributed by atoms with Gasteiger partial charge in [0, 0.05) is 15.2 Å². The van der Waals surface area contributed by atoms with Gasteiger partial charge in [-0.05, 0) is 41.6 Å². The molecule has 0 spiro atoms. The molecule has 0 aliphatic heterocycles. The highest BCUT2D eigenvalue weighted by molar-refractivity contribution is 7.99. The van der Waals surface area contributed by atoms with Crippen molar-refractivity contribution in [2.45, 2.75) is 29.6 Å². The molecule has 0 bridgehead atoms. The molecule has 2 nitrogen and oxygen atoms in total. The minimum Gasteiger partial charge on any atom is -0.211 e. The third-order valence-electron chi connectivity index (χ3n) is 3.72. The van der Waals surface area contributed by atoms with E-state index < -0.39 is 0 Å². The summed E-state index contributed by atoms with van der Waals surface area (Å²) in [5.74, 6) is 0. The second kappa shape index (κ2) is 7.28. The second-order valence-electron chi connectivity index (χ2n) is 5.29. The average molecular weight is 319 g/mol. The van der Waals surface area contributed by atoms with Gasteiger partial charge in [-0.15, -0.1) is 0 Å². The number of aliphatic imine (C=N–C) groups is 1. The van der Waals surface area contributed by atoms with E-state index in [1.807, 2.05) is 30.3 Å². The summed E-state index contributed by atoms with van der Waals surface area (Å²) in [6.07, 6.45) is 3.71. The van der Waals surface area contributed by atoms with Crippen molar-refractivity contribution in [1.29, 1.82) is 0 Å². The molecule has 23 heavy (non-hydrogen) atoms. The normalized spacial score (nSPS) is 10.5. The van der Waals surface area contributed by atoms with E-state index in [0.29, 0.717) is 5.69 Å². The van der Waals surface area contributed by atoms with Crippen molar-refractivity contribution in [3.05, 3.63) is 66.2 Å². The van der Waals surface area contributed by atoms with Crippen LogP contribution in [0, 0.1) is 0 Å². The van der Waals surface area contributed by atoms with Gasteiger partial charge in [0.2, 0.25) is 6.08 Å². The maximum Gasteiger partial charge on any atom is 0.240 e. The van der Waals surface area contributed by atoms with Crippen molar-refractivity contribution in [2.75, 3.05) is 0 Å². The molecule has 3 aromatic rings. The number of hydrogen-bond acceptors (Lipinski definition) is 3. The summed E-state index contributed by atoms with van der Waals surface area (Å²) < 4.78 is 0. The molecule has 0 aliphatic rings. The van der Waals surface area contributed by atoms with Gasteiger partial charge in [0.05, 0.1) is 5.69 Å². The highest BCUT2D eigenvalue weighted by atomic mass is 32.2. The Balaban J connectivity index is 2.19. The zero-order valence-corrected chi connectivity index (χ0v) is 13.8. The van der Waals surface area contributed by atoms with Gasteiger partial charge >= 0.3 is 0 Å². The summed E-state index contributed by atoms with van der Waals surface area (Å²) in [6, 6.07) is 20.5. The molecule has 0 aromatic heterocycles. The molecule has 0 fully saturated rings. The summed E-state index contributed by atoms with van der Waals surface area (Å²) >= 11 is 1.73. The number of benzene rings is 3. The summed E-state index contributed by atoms with van der Waals surface area (Å²) in [5, 5.41) is 2.21. The first kappa shape index (κ1) is 15.5. The first-order valence-corrected chi connectivity index (χ1v) is 8.50. The van der Waals surface area contributed by atoms with Crippen LogP contribution in [-0.4, -0.2) is 6.08 Å². The molecule has 3 aromatic carbocycles. The van der Waals surface area contributed by atoms with Gasteiger partial charge in [-0.2, -0.15) is 4.99 Å². The van der Waals surface area contributed by atoms with E-state index in [1.54, 1.807) is 17.8 Å². The van der Waals surface area contributed by atoms with Gasteiger partial charge in [-0.25, -0.2) is 4.79 Å². The third kappa shape index (κ3) is 3.37. The fourth-order valence-corrected chi connectivity index (χ4v) is 3.72. The molecule has 0 aliphatic carbocycles. The Morgan fingerprint density at radius 1 is 1.00 bits per heavy atom. The van der Waals surface area contributed by atoms with Gasteiger partial charge in [-0.3, -0.25) is 0 Å². The Bertz CT molecular complexity index is 867. The first-order valence-electron chi connectivity index (χ1n) is 7.69. The van der Waals surface area contributed by atoms with Crippen molar-refractivity contribution >= 4 is 34.3 Å². The SMILES string of the molecule is CCCc1cccc2c(Sc3ccccc3)ccc(N=C=O)c12. The lowest BCUT2D eigenvalue weighted by Gasteiger charge is -2.12. The number of carbonyl (C=O) groups excluding carboxylic acids is 1. The molecule has 0 saturated carbocycles. The molecule has 114 valence electrons. The zero-order valence-electron chi connectivity index (χ0n) is 13.0. The lowest BCUT2D eigenvalue weighted by molar-refractivity contribution is 0.565. The number of nitrogens with zero attached hydrogens (tertiary/aromatic N) is 1. The molecule has 0 heterocycles. The van der Waals surface area contributed by atoms with E-state index in [-0.39, 0.29) is 0 Å². The van der Waals surface area contributed by atoms with Crippen LogP contribution in [0.25, 0.3) is 10.8 Å². The van der Waals surface area contributed by atoms with E-state index in [4.69, 9.17) is 0 Å². The van der Waals surface area contributed by atoms with E-state index in [9.17, 15) is 4.79 Å². The number of isocyanates is 1. The Morgan fingerprint density at radius 3 is 2.57 bits per heavy atom. The van der Waals surface area contributed by atoms with E-state index in [1.165, 1.54) is 15.4 Å². The largest absolute Gasteiger partial charge is 0.240 e. The van der Waals surface area contributed by atoms with Gasteiger partial charge in [0.25, 0.3) is 0 Å². The Hall–Kier alpha value is -2.35. The number of hydrogen-bond donors (Lipinski definition) is 0. The van der Waals surface area contributed by atoms with Crippen LogP contribution in [0.4, 0.5) is 5.69 Å². The molecular weight excluding hydrogens is 302 g/mol. The minimum absolute atomic E-state index is 0.705. The van der Waals surface area contributed by atoms with Crippen LogP contribution in [0.15, 0.2) is 75.4 Å². The van der Waals surface area contributed by atoms with Crippen LogP contribution in [0.1, 0.15) is 18.9 Å². The standard InChI is InChI=1S/C20H17NOS/c1-2-7-15-8-6-11-17-19(23-16-9-4-3-5-10-16)13-12-18(20(15)17)21-14-22/h3-6,8-13H,2,7H2,1H3. The van der Waals surface area contributed by atoms with Crippen LogP contribution < -0.4 is 0 Å². The van der Waals surface area contributed by atoms with Crippen LogP contribution in [0.3, 0.4) is 0 Å². The first-order chi connectivity index (χ1) is 11.3. The summed E-state index contributed by atoms with van der Waals surface area (Å²) in [4.78, 5) is 17.0. The van der Waals surface area contributed by atoms with Crippen LogP contribution in [0.5, 0.6) is 0 Å². The molecule has 0 N–H and O–H groups in total. The van der Waals surface area contributed by atoms with Crippen LogP contribution in [0.2, 0.25) is 0 Å². The van der Waals surface area contributed by atoms with Gasteiger partial charge in [-0.1, -0.05) is 61.5 Å². The van der Waals surface area contributed by atoms with Crippen molar-refractivity contribution in [2.24, 2.45) is 4.99 Å². The minimum atomic E-state index is 0.705. The maximum atomic E-state index is 10.8. The monoisotopic (exact) mass is 319 g/mol. The average Bonchev–Trinajstić information content (AvgIpc) is 2.58. The lowest BCUT2D eigenvalue weighted by Crippen LogP contribution is -1.88. The summed E-state index contributed by atoms with van der Waals surface area (Å²) in [6.45, 7) is 2.16. The van der Waals surface area contributed by atoms with Crippen molar-refractivity contribution in [3.8, 4) is 0 Å². The van der Waals surface area contributed by atoms with E-state index in [2.05, 4.69) is 42.2 Å². The summed E-state index contributed by atoms with van der Waals surface area (Å²) in [7, 11) is 0. The van der Waals surface area contributed by atoms with Gasteiger partial charge in [0.1, 0.15) is 0 Å². The Morgan fingerprint density at radius 2 is 1.83 bits per heavy atom. The van der Waals surface area contributed by atoms with Crippen LogP contribution >= 0.6 is 11.8 Å². The number of rotatable bonds is 5. The lowest BCUT2D eigenvalue weighted by atomic mass is 9.99. The van der Waals surface area contributed by atoms with Crippen molar-refractivity contribution < 1.29 is 4.79 Å². The summed E-state index contributed by atoms with van der Waals surface area (Å²) in [5.41, 5.74) is 1.94. The smallest absolute Gasteiger partial charge is 0.211 e. The van der Waals surface area contributed by atoms with Crippen molar-refractivity contribution in [1.82, 2.24) is 0 Å². The molecule has 3 rings (SSSR count). The Kier molecular flexibility index (Phi) is 4.92. The van der Waals surface area contributed by atoms with Gasteiger partial charge < -0.3 is 0 Å². The molecule has 0 unspecified atom stereocenters. The molecule has 0 atom stereocenters. The number of aryl methyl sites for hydroxylation is 1. The Labute approximate surface area is 140 Å². The molecule has 3 heteroatoms. The molecular formula is C20H17NOS. The number of fused-ring (bicyclic) bond motifs is 1. The fraction of sp³-hybridized carbons (Fsp3) is 0.150. The zero-order chi connectivity index (χ0) is 16.1. The van der Waals surface area contributed by atoms with Gasteiger partial charge in [0.15, 0.2) is 0 Å². The molecule has 0 radical (unpaired) electrons. The van der Waals surface area contributed by atoms with Crippen LogP contribution in [-0.2, 0) is 11.2 Å². The quantitative estimate of drug-likeness (QED) is 0.432. The third-order valence-corrected chi connectivity index (χ3v) is 4.81.